The largest absolute Gasteiger partial charge is 0.313 e. The molecule has 0 saturated carbocycles. The number of rotatable bonds is 6. The van der Waals surface area contributed by atoms with E-state index in [0.29, 0.717) is 0 Å². The number of nitrogens with one attached hydrogen (secondary N) is 1. The highest BCUT2D eigenvalue weighted by Crippen LogP contribution is 2.22. The summed E-state index contributed by atoms with van der Waals surface area (Å²) in [4.78, 5) is 8.77. The molecule has 1 fully saturated rings. The Morgan fingerprint density at radius 3 is 3.00 bits per heavy atom. The van der Waals surface area contributed by atoms with Crippen LogP contribution in [0, 0.1) is 0 Å². The fourth-order valence-electron chi connectivity index (χ4n) is 2.53. The molecule has 0 radical (unpaired) electrons. The lowest BCUT2D eigenvalue weighted by atomic mass is 10.2. The summed E-state index contributed by atoms with van der Waals surface area (Å²) in [5, 5.41) is 7.06. The number of thioether (sulfide) groups is 1. The van der Waals surface area contributed by atoms with Gasteiger partial charge in [-0.3, -0.25) is 4.98 Å². The van der Waals surface area contributed by atoms with Crippen LogP contribution in [0.2, 0.25) is 0 Å². The summed E-state index contributed by atoms with van der Waals surface area (Å²) in [6.07, 6.45) is 8.59. The van der Waals surface area contributed by atoms with Crippen molar-refractivity contribution in [3.05, 3.63) is 34.9 Å². The van der Waals surface area contributed by atoms with Crippen LogP contribution in [0.25, 0.3) is 11.3 Å². The zero-order chi connectivity index (χ0) is 14.3. The first-order chi connectivity index (χ1) is 10.4. The molecule has 2 aromatic rings. The highest BCUT2D eigenvalue weighted by Gasteiger charge is 2.12. The van der Waals surface area contributed by atoms with Gasteiger partial charge >= 0.3 is 0 Å². The van der Waals surface area contributed by atoms with Crippen LogP contribution in [0.4, 0.5) is 0 Å². The van der Waals surface area contributed by atoms with Gasteiger partial charge in [-0.25, -0.2) is 4.98 Å². The van der Waals surface area contributed by atoms with Crippen LogP contribution in [-0.4, -0.2) is 34.1 Å². The molecule has 1 atom stereocenters. The van der Waals surface area contributed by atoms with Crippen molar-refractivity contribution in [3.63, 3.8) is 0 Å². The first-order valence-electron chi connectivity index (χ1n) is 7.58. The van der Waals surface area contributed by atoms with Gasteiger partial charge in [0.05, 0.1) is 10.7 Å². The maximum atomic E-state index is 4.72. The van der Waals surface area contributed by atoms with Crippen molar-refractivity contribution in [3.8, 4) is 11.3 Å². The smallest absolute Gasteiger partial charge is 0.0933 e. The second-order valence-corrected chi connectivity index (χ2v) is 7.43. The van der Waals surface area contributed by atoms with Crippen molar-refractivity contribution in [2.24, 2.45) is 0 Å². The van der Waals surface area contributed by atoms with Gasteiger partial charge in [0.2, 0.25) is 0 Å². The van der Waals surface area contributed by atoms with Gasteiger partial charge in [-0.05, 0) is 43.7 Å². The summed E-state index contributed by atoms with van der Waals surface area (Å²) in [7, 11) is 0. The number of aromatic nitrogens is 2. The SMILES string of the molecule is c1cc(-c2csc(CCCN[C@H]3CCCSC3)n2)ccn1. The highest BCUT2D eigenvalue weighted by atomic mass is 32.2. The number of hydrogen-bond acceptors (Lipinski definition) is 5. The molecule has 0 unspecified atom stereocenters. The van der Waals surface area contributed by atoms with Crippen molar-refractivity contribution in [2.45, 2.75) is 31.7 Å². The van der Waals surface area contributed by atoms with Gasteiger partial charge in [0.25, 0.3) is 0 Å². The molecule has 0 aromatic carbocycles. The van der Waals surface area contributed by atoms with E-state index in [1.807, 2.05) is 24.5 Å². The van der Waals surface area contributed by atoms with E-state index in [-0.39, 0.29) is 0 Å². The molecule has 3 rings (SSSR count). The minimum Gasteiger partial charge on any atom is -0.313 e. The van der Waals surface area contributed by atoms with Gasteiger partial charge in [-0.2, -0.15) is 11.8 Å². The molecule has 112 valence electrons. The van der Waals surface area contributed by atoms with Crippen LogP contribution in [0.3, 0.4) is 0 Å². The lowest BCUT2D eigenvalue weighted by Crippen LogP contribution is -2.34. The Morgan fingerprint density at radius 1 is 1.29 bits per heavy atom. The molecular formula is C16H21N3S2. The van der Waals surface area contributed by atoms with E-state index >= 15 is 0 Å². The molecule has 1 aliphatic heterocycles. The van der Waals surface area contributed by atoms with Gasteiger partial charge in [0, 0.05) is 41.6 Å². The van der Waals surface area contributed by atoms with E-state index < -0.39 is 0 Å². The third kappa shape index (κ3) is 4.53. The quantitative estimate of drug-likeness (QED) is 0.825. The second-order valence-electron chi connectivity index (χ2n) is 5.33. The lowest BCUT2D eigenvalue weighted by Gasteiger charge is -2.22. The monoisotopic (exact) mass is 319 g/mol. The molecule has 21 heavy (non-hydrogen) atoms. The third-order valence-corrected chi connectivity index (χ3v) is 5.81. The second kappa shape index (κ2) is 7.92. The molecule has 5 heteroatoms. The Labute approximate surface area is 134 Å². The minimum atomic E-state index is 0.729. The summed E-state index contributed by atoms with van der Waals surface area (Å²) >= 11 is 3.85. The first kappa shape index (κ1) is 15.0. The zero-order valence-corrected chi connectivity index (χ0v) is 13.8. The van der Waals surface area contributed by atoms with Gasteiger partial charge in [0.1, 0.15) is 0 Å². The van der Waals surface area contributed by atoms with Crippen LogP contribution in [0.5, 0.6) is 0 Å². The summed E-state index contributed by atoms with van der Waals surface area (Å²) < 4.78 is 0. The minimum absolute atomic E-state index is 0.729. The molecule has 0 bridgehead atoms. The first-order valence-corrected chi connectivity index (χ1v) is 9.61. The average molecular weight is 319 g/mol. The number of hydrogen-bond donors (Lipinski definition) is 1. The van der Waals surface area contributed by atoms with Crippen LogP contribution in [0.1, 0.15) is 24.3 Å². The van der Waals surface area contributed by atoms with Crippen molar-refractivity contribution >= 4 is 23.1 Å². The summed E-state index contributed by atoms with van der Waals surface area (Å²) in [5.41, 5.74) is 2.24. The van der Waals surface area contributed by atoms with Crippen LogP contribution < -0.4 is 5.32 Å². The maximum Gasteiger partial charge on any atom is 0.0933 e. The molecular weight excluding hydrogens is 298 g/mol. The Bertz CT molecular complexity index is 535. The highest BCUT2D eigenvalue weighted by molar-refractivity contribution is 7.99. The van der Waals surface area contributed by atoms with E-state index in [9.17, 15) is 0 Å². The topological polar surface area (TPSA) is 37.8 Å². The van der Waals surface area contributed by atoms with E-state index in [4.69, 9.17) is 4.98 Å². The normalized spacial score (nSPS) is 18.8. The van der Waals surface area contributed by atoms with Crippen LogP contribution in [0.15, 0.2) is 29.9 Å². The number of nitrogens with zero attached hydrogens (tertiary/aromatic N) is 2. The molecule has 1 saturated heterocycles. The fraction of sp³-hybridized carbons (Fsp3) is 0.500. The Balaban J connectivity index is 1.42. The number of thiazole rings is 1. The van der Waals surface area contributed by atoms with Gasteiger partial charge < -0.3 is 5.32 Å². The summed E-state index contributed by atoms with van der Waals surface area (Å²) in [6, 6.07) is 4.76. The summed E-state index contributed by atoms with van der Waals surface area (Å²) in [6.45, 7) is 1.11. The molecule has 3 nitrogen and oxygen atoms in total. The molecule has 0 amide bonds. The molecule has 0 spiro atoms. The average Bonchev–Trinajstić information content (AvgIpc) is 3.02. The molecule has 3 heterocycles. The predicted molar refractivity (Wildman–Crippen MR) is 92.0 cm³/mol. The molecule has 2 aromatic heterocycles. The standard InChI is InChI=1S/C16H21N3S2/c1(7-18-14-3-2-10-20-11-14)4-16-19-15(12-21-16)13-5-8-17-9-6-13/h5-6,8-9,12,14,18H,1-4,7,10-11H2/t14-/m0/s1. The summed E-state index contributed by atoms with van der Waals surface area (Å²) in [5.74, 6) is 2.62. The molecule has 0 aliphatic carbocycles. The zero-order valence-electron chi connectivity index (χ0n) is 12.1. The van der Waals surface area contributed by atoms with Crippen molar-refractivity contribution in [1.29, 1.82) is 0 Å². The third-order valence-electron chi connectivity index (χ3n) is 3.69. The fourth-order valence-corrected chi connectivity index (χ4v) is 4.48. The predicted octanol–water partition coefficient (Wildman–Crippen LogP) is 3.62. The van der Waals surface area contributed by atoms with Crippen molar-refractivity contribution < 1.29 is 0 Å². The Hall–Kier alpha value is -0.910. The molecule has 1 aliphatic rings. The van der Waals surface area contributed by atoms with Crippen LogP contribution in [-0.2, 0) is 6.42 Å². The number of aryl methyl sites for hydroxylation is 1. The van der Waals surface area contributed by atoms with E-state index in [2.05, 4.69) is 27.4 Å². The number of pyridine rings is 1. The van der Waals surface area contributed by atoms with Gasteiger partial charge in [-0.15, -0.1) is 11.3 Å². The van der Waals surface area contributed by atoms with Gasteiger partial charge in [0.15, 0.2) is 0 Å². The Kier molecular flexibility index (Phi) is 5.66. The Morgan fingerprint density at radius 2 is 2.19 bits per heavy atom. The van der Waals surface area contributed by atoms with Crippen molar-refractivity contribution in [1.82, 2.24) is 15.3 Å². The van der Waals surface area contributed by atoms with E-state index in [1.165, 1.54) is 35.8 Å². The lowest BCUT2D eigenvalue weighted by molar-refractivity contribution is 0.501. The molecule has 1 N–H and O–H groups in total. The maximum absolute atomic E-state index is 4.72. The van der Waals surface area contributed by atoms with Crippen LogP contribution >= 0.6 is 23.1 Å². The van der Waals surface area contributed by atoms with E-state index in [1.54, 1.807) is 11.3 Å². The van der Waals surface area contributed by atoms with Gasteiger partial charge in [-0.1, -0.05) is 0 Å². The van der Waals surface area contributed by atoms with Crippen molar-refractivity contribution in [2.75, 3.05) is 18.1 Å². The van der Waals surface area contributed by atoms with E-state index in [0.717, 1.165) is 30.3 Å².